The number of benzene rings is 1. The number of hydrogen-bond donors (Lipinski definition) is 2. The quantitative estimate of drug-likeness (QED) is 0.628. The number of nitrogens with one attached hydrogen (secondary N) is 2. The summed E-state index contributed by atoms with van der Waals surface area (Å²) >= 11 is 0. The maximum atomic E-state index is 11.1. The molecule has 1 aromatic rings. The first kappa shape index (κ1) is 17.3. The Morgan fingerprint density at radius 2 is 1.71 bits per heavy atom. The molecule has 0 aliphatic carbocycles. The van der Waals surface area contributed by atoms with Gasteiger partial charge in [0.05, 0.1) is 7.11 Å². The van der Waals surface area contributed by atoms with E-state index in [9.17, 15) is 4.79 Å². The molecular weight excluding hydrogens is 264 g/mol. The molecular formula is C17H28N2O2. The molecule has 0 saturated heterocycles. The molecule has 0 aliphatic heterocycles. The highest BCUT2D eigenvalue weighted by atomic mass is 16.5. The van der Waals surface area contributed by atoms with E-state index in [0.29, 0.717) is 6.04 Å². The average Bonchev–Trinajstić information content (AvgIpc) is 2.49. The van der Waals surface area contributed by atoms with Crippen LogP contribution in [0.2, 0.25) is 0 Å². The predicted molar refractivity (Wildman–Crippen MR) is 88.9 cm³/mol. The van der Waals surface area contributed by atoms with Crippen molar-refractivity contribution >= 4 is 17.5 Å². The number of ether oxygens (including phenoxy) is 1. The fourth-order valence-corrected chi connectivity index (χ4v) is 2.23. The topological polar surface area (TPSA) is 50.4 Å². The smallest absolute Gasteiger partial charge is 0.411 e. The zero-order chi connectivity index (χ0) is 15.5. The summed E-state index contributed by atoms with van der Waals surface area (Å²) in [5, 5.41) is 6.12. The lowest BCUT2D eigenvalue weighted by Gasteiger charge is -2.15. The van der Waals surface area contributed by atoms with Crippen LogP contribution in [0.4, 0.5) is 16.2 Å². The van der Waals surface area contributed by atoms with E-state index in [1.165, 1.54) is 45.6 Å². The number of rotatable bonds is 9. The van der Waals surface area contributed by atoms with Crippen molar-refractivity contribution in [1.29, 1.82) is 0 Å². The first-order valence-electron chi connectivity index (χ1n) is 7.87. The molecule has 4 heteroatoms. The van der Waals surface area contributed by atoms with E-state index in [1.54, 1.807) is 0 Å². The first-order valence-corrected chi connectivity index (χ1v) is 7.87. The number of methoxy groups -OCH3 is 1. The normalized spacial score (nSPS) is 11.8. The highest BCUT2D eigenvalue weighted by Gasteiger charge is 2.03. The van der Waals surface area contributed by atoms with E-state index in [0.717, 1.165) is 11.4 Å². The molecule has 0 fully saturated rings. The van der Waals surface area contributed by atoms with Gasteiger partial charge in [-0.2, -0.15) is 0 Å². The zero-order valence-corrected chi connectivity index (χ0v) is 13.4. The second kappa shape index (κ2) is 10.1. The van der Waals surface area contributed by atoms with Crippen LogP contribution in [0, 0.1) is 0 Å². The Morgan fingerprint density at radius 1 is 1.10 bits per heavy atom. The van der Waals surface area contributed by atoms with Crippen LogP contribution in [0.15, 0.2) is 24.3 Å². The van der Waals surface area contributed by atoms with Gasteiger partial charge in [-0.15, -0.1) is 0 Å². The number of anilines is 2. The molecule has 2 N–H and O–H groups in total. The minimum Gasteiger partial charge on any atom is -0.453 e. The van der Waals surface area contributed by atoms with Gasteiger partial charge in [-0.05, 0) is 37.6 Å². The highest BCUT2D eigenvalue weighted by Crippen LogP contribution is 2.16. The van der Waals surface area contributed by atoms with Gasteiger partial charge in [-0.3, -0.25) is 5.32 Å². The number of carbonyl (C=O) groups excluding carboxylic acids is 1. The van der Waals surface area contributed by atoms with Gasteiger partial charge >= 0.3 is 6.09 Å². The van der Waals surface area contributed by atoms with E-state index >= 15 is 0 Å². The van der Waals surface area contributed by atoms with Crippen molar-refractivity contribution < 1.29 is 9.53 Å². The van der Waals surface area contributed by atoms with Crippen LogP contribution in [-0.2, 0) is 4.74 Å². The standard InChI is InChI=1S/C17H28N2O2/c1-4-5-6-7-8-9-14(2)18-15-10-12-16(13-11-15)19-17(20)21-3/h10-14,18H,4-9H2,1-3H3,(H,19,20). The van der Waals surface area contributed by atoms with Gasteiger partial charge < -0.3 is 10.1 Å². The molecule has 0 heterocycles. The van der Waals surface area contributed by atoms with Gasteiger partial charge in [0.1, 0.15) is 0 Å². The van der Waals surface area contributed by atoms with Crippen LogP contribution in [0.5, 0.6) is 0 Å². The number of amides is 1. The molecule has 0 spiro atoms. The van der Waals surface area contributed by atoms with Gasteiger partial charge in [0, 0.05) is 17.4 Å². The Bertz CT molecular complexity index is 404. The van der Waals surface area contributed by atoms with Gasteiger partial charge in [0.25, 0.3) is 0 Å². The van der Waals surface area contributed by atoms with Gasteiger partial charge in [0.2, 0.25) is 0 Å². The van der Waals surface area contributed by atoms with Crippen molar-refractivity contribution in [2.45, 2.75) is 58.4 Å². The van der Waals surface area contributed by atoms with Crippen molar-refractivity contribution in [2.75, 3.05) is 17.7 Å². The fraction of sp³-hybridized carbons (Fsp3) is 0.588. The van der Waals surface area contributed by atoms with Crippen molar-refractivity contribution in [1.82, 2.24) is 0 Å². The maximum Gasteiger partial charge on any atom is 0.411 e. The summed E-state index contributed by atoms with van der Waals surface area (Å²) in [7, 11) is 1.35. The van der Waals surface area contributed by atoms with Gasteiger partial charge in [-0.25, -0.2) is 4.79 Å². The molecule has 1 atom stereocenters. The Kier molecular flexibility index (Phi) is 8.32. The van der Waals surface area contributed by atoms with Crippen molar-refractivity contribution in [3.8, 4) is 0 Å². The summed E-state index contributed by atoms with van der Waals surface area (Å²) in [4.78, 5) is 11.1. The number of hydrogen-bond acceptors (Lipinski definition) is 3. The monoisotopic (exact) mass is 292 g/mol. The summed E-state index contributed by atoms with van der Waals surface area (Å²) in [6, 6.07) is 8.14. The van der Waals surface area contributed by atoms with E-state index in [2.05, 4.69) is 29.2 Å². The van der Waals surface area contributed by atoms with Gasteiger partial charge in [0.15, 0.2) is 0 Å². The fourth-order valence-electron chi connectivity index (χ4n) is 2.23. The van der Waals surface area contributed by atoms with Crippen molar-refractivity contribution in [3.63, 3.8) is 0 Å². The van der Waals surface area contributed by atoms with Crippen molar-refractivity contribution in [2.24, 2.45) is 0 Å². The Labute approximate surface area is 128 Å². The third kappa shape index (κ3) is 7.59. The molecule has 1 rings (SSSR count). The summed E-state index contributed by atoms with van der Waals surface area (Å²) in [6.45, 7) is 4.45. The molecule has 118 valence electrons. The van der Waals surface area contributed by atoms with Crippen LogP contribution >= 0.6 is 0 Å². The van der Waals surface area contributed by atoms with E-state index in [1.807, 2.05) is 24.3 Å². The number of unbranched alkanes of at least 4 members (excludes halogenated alkanes) is 4. The third-order valence-electron chi connectivity index (χ3n) is 3.47. The second-order valence-electron chi connectivity index (χ2n) is 5.44. The summed E-state index contributed by atoms with van der Waals surface area (Å²) in [5.41, 5.74) is 1.81. The molecule has 4 nitrogen and oxygen atoms in total. The lowest BCUT2D eigenvalue weighted by Crippen LogP contribution is -2.15. The molecule has 0 saturated carbocycles. The molecule has 1 aromatic carbocycles. The largest absolute Gasteiger partial charge is 0.453 e. The lowest BCUT2D eigenvalue weighted by molar-refractivity contribution is 0.187. The molecule has 0 radical (unpaired) electrons. The van der Waals surface area contributed by atoms with Crippen LogP contribution < -0.4 is 10.6 Å². The van der Waals surface area contributed by atoms with Crippen LogP contribution in [-0.4, -0.2) is 19.2 Å². The molecule has 1 amide bonds. The summed E-state index contributed by atoms with van der Waals surface area (Å²) in [6.07, 6.45) is 7.31. The van der Waals surface area contributed by atoms with Crippen LogP contribution in [0.3, 0.4) is 0 Å². The molecule has 21 heavy (non-hydrogen) atoms. The summed E-state index contributed by atoms with van der Waals surface area (Å²) < 4.78 is 4.56. The van der Waals surface area contributed by atoms with Gasteiger partial charge in [-0.1, -0.05) is 39.0 Å². The van der Waals surface area contributed by atoms with Crippen LogP contribution in [0.25, 0.3) is 0 Å². The SMILES string of the molecule is CCCCCCCC(C)Nc1ccc(NC(=O)OC)cc1. The summed E-state index contributed by atoms with van der Waals surface area (Å²) in [5.74, 6) is 0. The average molecular weight is 292 g/mol. The Hall–Kier alpha value is -1.71. The second-order valence-corrected chi connectivity index (χ2v) is 5.44. The molecule has 0 aromatic heterocycles. The first-order chi connectivity index (χ1) is 10.2. The van der Waals surface area contributed by atoms with Crippen molar-refractivity contribution in [3.05, 3.63) is 24.3 Å². The zero-order valence-electron chi connectivity index (χ0n) is 13.4. The minimum absolute atomic E-state index is 0.448. The lowest BCUT2D eigenvalue weighted by atomic mass is 10.1. The third-order valence-corrected chi connectivity index (χ3v) is 3.47. The highest BCUT2D eigenvalue weighted by molar-refractivity contribution is 5.84. The van der Waals surface area contributed by atoms with E-state index in [4.69, 9.17) is 0 Å². The molecule has 1 unspecified atom stereocenters. The van der Waals surface area contributed by atoms with Crippen LogP contribution in [0.1, 0.15) is 52.4 Å². The maximum absolute atomic E-state index is 11.1. The molecule has 0 aliphatic rings. The Balaban J connectivity index is 2.29. The molecule has 0 bridgehead atoms. The Morgan fingerprint density at radius 3 is 2.33 bits per heavy atom. The predicted octanol–water partition coefficient (Wildman–Crippen LogP) is 5.03. The number of carbonyl (C=O) groups is 1. The van der Waals surface area contributed by atoms with E-state index in [-0.39, 0.29) is 0 Å². The minimum atomic E-state index is -0.448. The van der Waals surface area contributed by atoms with E-state index < -0.39 is 6.09 Å².